The Hall–Kier alpha value is -1.37. The molecule has 26 heavy (non-hydrogen) atoms. The van der Waals surface area contributed by atoms with Crippen LogP contribution in [0.25, 0.3) is 5.52 Å². The van der Waals surface area contributed by atoms with Crippen molar-refractivity contribution in [2.75, 3.05) is 0 Å². The number of ether oxygens (including phenoxy) is 1. The third-order valence-electron chi connectivity index (χ3n) is 4.08. The predicted octanol–water partition coefficient (Wildman–Crippen LogP) is 6.19. The van der Waals surface area contributed by atoms with E-state index in [0.29, 0.717) is 16.7 Å². The maximum Gasteiger partial charge on any atom is 0.159 e. The molecule has 0 spiro atoms. The van der Waals surface area contributed by atoms with Gasteiger partial charge < -0.3 is 4.74 Å². The minimum absolute atomic E-state index is 0.0136. The molecule has 0 saturated carbocycles. The van der Waals surface area contributed by atoms with E-state index in [1.54, 1.807) is 18.5 Å². The van der Waals surface area contributed by atoms with Crippen molar-refractivity contribution in [3.63, 3.8) is 0 Å². The zero-order valence-corrected chi connectivity index (χ0v) is 17.7. The van der Waals surface area contributed by atoms with E-state index in [-0.39, 0.29) is 21.5 Å². The topological polar surface area (TPSA) is 39.4 Å². The number of rotatable bonds is 4. The lowest BCUT2D eigenvalue weighted by atomic mass is 9.99. The van der Waals surface area contributed by atoms with Gasteiger partial charge in [-0.15, -0.1) is 0 Å². The first kappa shape index (κ1) is 19.4. The summed E-state index contributed by atoms with van der Waals surface area (Å²) in [5.41, 5.74) is 2.24. The van der Waals surface area contributed by atoms with E-state index in [1.165, 1.54) is 0 Å². The Kier molecular flexibility index (Phi) is 5.47. The highest BCUT2D eigenvalue weighted by molar-refractivity contribution is 9.10. The molecule has 0 aliphatic heterocycles. The molecule has 2 aromatic heterocycles. The molecule has 0 saturated heterocycles. The summed E-state index contributed by atoms with van der Waals surface area (Å²) in [7, 11) is 0. The lowest BCUT2D eigenvalue weighted by molar-refractivity contribution is 0.236. The van der Waals surface area contributed by atoms with Gasteiger partial charge in [0.2, 0.25) is 0 Å². The lowest BCUT2D eigenvalue weighted by Crippen LogP contribution is -2.12. The van der Waals surface area contributed by atoms with Crippen LogP contribution in [0.5, 0.6) is 5.75 Å². The number of benzene rings is 1. The monoisotopic (exact) mass is 459 g/mol. The van der Waals surface area contributed by atoms with Crippen LogP contribution in [0.15, 0.2) is 22.9 Å². The van der Waals surface area contributed by atoms with Gasteiger partial charge in [0, 0.05) is 23.9 Å². The number of hydrogen-bond acceptors (Lipinski definition) is 3. The standard InChI is InChI=1S/C18H17BrCl2FN3O/c1-8(2)26-16-11(7-12(20)14(22)13(16)19)9(3)18-24-17(21)15-10(4)23-5-6-25(15)18/h5-9H,1-4H3. The van der Waals surface area contributed by atoms with Crippen LogP contribution in [-0.4, -0.2) is 20.5 Å². The summed E-state index contributed by atoms with van der Waals surface area (Å²) >= 11 is 15.7. The van der Waals surface area contributed by atoms with Crippen molar-refractivity contribution < 1.29 is 9.13 Å². The molecule has 1 aromatic carbocycles. The first-order chi connectivity index (χ1) is 12.2. The molecule has 1 atom stereocenters. The first-order valence-electron chi connectivity index (χ1n) is 8.05. The second-order valence-electron chi connectivity index (χ2n) is 6.29. The molecule has 4 nitrogen and oxygen atoms in total. The van der Waals surface area contributed by atoms with Gasteiger partial charge in [0.05, 0.1) is 21.3 Å². The number of aromatic nitrogens is 3. The van der Waals surface area contributed by atoms with Crippen molar-refractivity contribution >= 4 is 44.6 Å². The number of hydrogen-bond donors (Lipinski definition) is 0. The summed E-state index contributed by atoms with van der Waals surface area (Å²) in [6.45, 7) is 7.58. The van der Waals surface area contributed by atoms with Crippen LogP contribution >= 0.6 is 39.1 Å². The average molecular weight is 461 g/mol. The molecule has 0 aliphatic carbocycles. The Morgan fingerprint density at radius 1 is 1.27 bits per heavy atom. The third kappa shape index (κ3) is 3.30. The summed E-state index contributed by atoms with van der Waals surface area (Å²) in [6, 6.07) is 1.58. The smallest absolute Gasteiger partial charge is 0.159 e. The van der Waals surface area contributed by atoms with Crippen LogP contribution in [0.3, 0.4) is 0 Å². The Labute approximate surface area is 169 Å². The Morgan fingerprint density at radius 3 is 2.62 bits per heavy atom. The van der Waals surface area contributed by atoms with Crippen molar-refractivity contribution in [2.45, 2.75) is 39.7 Å². The Bertz CT molecular complexity index is 990. The third-order valence-corrected chi connectivity index (χ3v) is 5.32. The number of imidazole rings is 1. The minimum atomic E-state index is -0.552. The normalized spacial score (nSPS) is 12.8. The number of halogens is 4. The van der Waals surface area contributed by atoms with Gasteiger partial charge in [0.15, 0.2) is 11.0 Å². The van der Waals surface area contributed by atoms with Crippen molar-refractivity contribution in [1.82, 2.24) is 14.4 Å². The van der Waals surface area contributed by atoms with Gasteiger partial charge in [-0.3, -0.25) is 9.38 Å². The first-order valence-corrected chi connectivity index (χ1v) is 9.60. The molecule has 3 rings (SSSR count). The Morgan fingerprint density at radius 2 is 1.96 bits per heavy atom. The highest BCUT2D eigenvalue weighted by atomic mass is 79.9. The zero-order chi connectivity index (χ0) is 19.2. The molecule has 0 radical (unpaired) electrons. The molecule has 0 amide bonds. The molecule has 0 N–H and O–H groups in total. The Balaban J connectivity index is 2.23. The van der Waals surface area contributed by atoms with Gasteiger partial charge >= 0.3 is 0 Å². The van der Waals surface area contributed by atoms with Gasteiger partial charge in [0.25, 0.3) is 0 Å². The molecule has 138 valence electrons. The van der Waals surface area contributed by atoms with Gasteiger partial charge in [-0.05, 0) is 42.8 Å². The number of aryl methyl sites for hydroxylation is 1. The van der Waals surface area contributed by atoms with E-state index in [9.17, 15) is 4.39 Å². The highest BCUT2D eigenvalue weighted by Gasteiger charge is 2.26. The predicted molar refractivity (Wildman–Crippen MR) is 105 cm³/mol. The van der Waals surface area contributed by atoms with Crippen molar-refractivity contribution in [1.29, 1.82) is 0 Å². The fraction of sp³-hybridized carbons (Fsp3) is 0.333. The lowest BCUT2D eigenvalue weighted by Gasteiger charge is -2.21. The number of nitrogens with zero attached hydrogens (tertiary/aromatic N) is 3. The molecule has 0 fully saturated rings. The van der Waals surface area contributed by atoms with Crippen LogP contribution in [0, 0.1) is 12.7 Å². The van der Waals surface area contributed by atoms with Crippen LogP contribution in [0.4, 0.5) is 4.39 Å². The molecule has 3 aromatic rings. The summed E-state index contributed by atoms with van der Waals surface area (Å²) in [6.07, 6.45) is 3.36. The van der Waals surface area contributed by atoms with Gasteiger partial charge in [-0.1, -0.05) is 30.1 Å². The molecule has 0 bridgehead atoms. The SMILES string of the molecule is Cc1nccn2c(C(C)c3cc(Cl)c(F)c(Br)c3OC(C)C)nc(Cl)c12. The van der Waals surface area contributed by atoms with E-state index in [4.69, 9.17) is 27.9 Å². The van der Waals surface area contributed by atoms with Crippen molar-refractivity contribution in [3.8, 4) is 5.75 Å². The van der Waals surface area contributed by atoms with Crippen molar-refractivity contribution in [2.24, 2.45) is 0 Å². The fourth-order valence-corrected chi connectivity index (χ4v) is 4.06. The molecular weight excluding hydrogens is 444 g/mol. The van der Waals surface area contributed by atoms with Gasteiger partial charge in [0.1, 0.15) is 17.1 Å². The highest BCUT2D eigenvalue weighted by Crippen LogP contribution is 2.42. The minimum Gasteiger partial charge on any atom is -0.489 e. The molecular formula is C18H17BrCl2FN3O. The van der Waals surface area contributed by atoms with Crippen LogP contribution < -0.4 is 4.74 Å². The molecule has 2 heterocycles. The largest absolute Gasteiger partial charge is 0.489 e. The summed E-state index contributed by atoms with van der Waals surface area (Å²) in [4.78, 5) is 8.77. The molecule has 0 aliphatic rings. The van der Waals surface area contributed by atoms with E-state index >= 15 is 0 Å². The van der Waals surface area contributed by atoms with E-state index in [1.807, 2.05) is 32.1 Å². The van der Waals surface area contributed by atoms with E-state index in [2.05, 4.69) is 25.9 Å². The van der Waals surface area contributed by atoms with E-state index in [0.717, 1.165) is 16.8 Å². The van der Waals surface area contributed by atoms with Crippen LogP contribution in [-0.2, 0) is 0 Å². The summed E-state index contributed by atoms with van der Waals surface area (Å²) in [5.74, 6) is 0.302. The quantitative estimate of drug-likeness (QED) is 0.436. The molecule has 8 heteroatoms. The zero-order valence-electron chi connectivity index (χ0n) is 14.6. The van der Waals surface area contributed by atoms with Gasteiger partial charge in [-0.2, -0.15) is 0 Å². The second kappa shape index (κ2) is 7.33. The average Bonchev–Trinajstić information content (AvgIpc) is 2.92. The summed E-state index contributed by atoms with van der Waals surface area (Å²) in [5, 5.41) is 0.385. The van der Waals surface area contributed by atoms with Gasteiger partial charge in [-0.25, -0.2) is 9.37 Å². The molecule has 1 unspecified atom stereocenters. The maximum absolute atomic E-state index is 14.3. The maximum atomic E-state index is 14.3. The van der Waals surface area contributed by atoms with Crippen LogP contribution in [0.1, 0.15) is 43.8 Å². The number of fused-ring (bicyclic) bond motifs is 1. The summed E-state index contributed by atoms with van der Waals surface area (Å²) < 4.78 is 22.2. The fourth-order valence-electron chi connectivity index (χ4n) is 2.89. The van der Waals surface area contributed by atoms with Crippen molar-refractivity contribution in [3.05, 3.63) is 56.0 Å². The van der Waals surface area contributed by atoms with E-state index < -0.39 is 5.82 Å². The van der Waals surface area contributed by atoms with Crippen LogP contribution in [0.2, 0.25) is 10.2 Å². The second-order valence-corrected chi connectivity index (χ2v) is 7.84.